The summed E-state index contributed by atoms with van der Waals surface area (Å²) in [7, 11) is 5.74. The summed E-state index contributed by atoms with van der Waals surface area (Å²) in [6.45, 7) is 5.06. The second kappa shape index (κ2) is 13.6. The van der Waals surface area contributed by atoms with Crippen molar-refractivity contribution in [3.8, 4) is 0 Å². The minimum Gasteiger partial charge on any atom is -0.356 e. The maximum atomic E-state index is 12.3. The SMILES string of the molecule is CN=C(NCc1cccc(C(=O)NCCN(C)C)c1)NCC(C)c1ccsc1.I. The van der Waals surface area contributed by atoms with Gasteiger partial charge in [-0.1, -0.05) is 19.1 Å². The average Bonchev–Trinajstić information content (AvgIpc) is 3.22. The Labute approximate surface area is 195 Å². The maximum absolute atomic E-state index is 12.3. The van der Waals surface area contributed by atoms with Crippen LogP contribution in [0.15, 0.2) is 46.1 Å². The van der Waals surface area contributed by atoms with E-state index < -0.39 is 0 Å². The highest BCUT2D eigenvalue weighted by atomic mass is 127. The molecule has 1 atom stereocenters. The van der Waals surface area contributed by atoms with Gasteiger partial charge >= 0.3 is 0 Å². The molecule has 0 saturated heterocycles. The summed E-state index contributed by atoms with van der Waals surface area (Å²) in [6, 6.07) is 9.82. The molecule has 1 unspecified atom stereocenters. The highest BCUT2D eigenvalue weighted by molar-refractivity contribution is 14.0. The van der Waals surface area contributed by atoms with Gasteiger partial charge in [-0.15, -0.1) is 24.0 Å². The van der Waals surface area contributed by atoms with E-state index in [9.17, 15) is 4.79 Å². The number of hydrogen-bond acceptors (Lipinski definition) is 4. The van der Waals surface area contributed by atoms with E-state index in [1.165, 1.54) is 5.56 Å². The molecule has 0 bridgehead atoms. The molecule has 0 aliphatic rings. The molecule has 2 rings (SSSR count). The number of thiophene rings is 1. The molecule has 0 saturated carbocycles. The number of nitrogens with one attached hydrogen (secondary N) is 3. The fourth-order valence-electron chi connectivity index (χ4n) is 2.65. The monoisotopic (exact) mass is 529 g/mol. The van der Waals surface area contributed by atoms with E-state index in [2.05, 4.69) is 44.7 Å². The highest BCUT2D eigenvalue weighted by Crippen LogP contribution is 2.17. The lowest BCUT2D eigenvalue weighted by Gasteiger charge is -2.16. The molecule has 8 heteroatoms. The first-order chi connectivity index (χ1) is 13.5. The van der Waals surface area contributed by atoms with E-state index in [-0.39, 0.29) is 29.9 Å². The van der Waals surface area contributed by atoms with Crippen molar-refractivity contribution in [3.05, 3.63) is 57.8 Å². The third kappa shape index (κ3) is 9.14. The van der Waals surface area contributed by atoms with Crippen LogP contribution in [0.25, 0.3) is 0 Å². The predicted octanol–water partition coefficient (Wildman–Crippen LogP) is 3.13. The molecule has 1 heterocycles. The number of carbonyl (C=O) groups is 1. The minimum absolute atomic E-state index is 0. The number of likely N-dealkylation sites (N-methyl/N-ethyl adjacent to an activating group) is 1. The summed E-state index contributed by atoms with van der Waals surface area (Å²) in [5, 5.41) is 13.9. The molecule has 0 fully saturated rings. The molecule has 0 spiro atoms. The number of hydrogen-bond donors (Lipinski definition) is 3. The minimum atomic E-state index is -0.0456. The third-order valence-electron chi connectivity index (χ3n) is 4.41. The molecule has 160 valence electrons. The zero-order valence-electron chi connectivity index (χ0n) is 17.6. The molecule has 0 radical (unpaired) electrons. The molecule has 29 heavy (non-hydrogen) atoms. The number of guanidine groups is 1. The van der Waals surface area contributed by atoms with Crippen LogP contribution in [0.5, 0.6) is 0 Å². The summed E-state index contributed by atoms with van der Waals surface area (Å²) in [5.41, 5.74) is 3.04. The molecule has 0 aliphatic heterocycles. The molecule has 1 aromatic carbocycles. The third-order valence-corrected chi connectivity index (χ3v) is 5.11. The standard InChI is InChI=1S/C21H31N5OS.HI/c1-16(19-8-11-28-15-19)13-24-21(22-2)25-14-17-6-5-7-18(12-17)20(27)23-9-10-26(3)4;/h5-8,11-12,15-16H,9-10,13-14H2,1-4H3,(H,23,27)(H2,22,24,25);1H. The molecule has 0 aliphatic carbocycles. The van der Waals surface area contributed by atoms with Crippen molar-refractivity contribution in [2.24, 2.45) is 4.99 Å². The lowest BCUT2D eigenvalue weighted by Crippen LogP contribution is -2.38. The Bertz CT molecular complexity index is 764. The average molecular weight is 529 g/mol. The number of nitrogens with zero attached hydrogens (tertiary/aromatic N) is 2. The quantitative estimate of drug-likeness (QED) is 0.265. The zero-order valence-corrected chi connectivity index (χ0v) is 20.7. The number of aliphatic imine (C=N–C) groups is 1. The fourth-order valence-corrected chi connectivity index (χ4v) is 3.43. The van der Waals surface area contributed by atoms with Crippen molar-refractivity contribution in [2.75, 3.05) is 40.8 Å². The van der Waals surface area contributed by atoms with Crippen molar-refractivity contribution in [1.29, 1.82) is 0 Å². The second-order valence-corrected chi connectivity index (χ2v) is 7.80. The zero-order chi connectivity index (χ0) is 20.4. The van der Waals surface area contributed by atoms with Crippen LogP contribution in [-0.4, -0.2) is 57.5 Å². The first kappa shape index (κ1) is 25.4. The van der Waals surface area contributed by atoms with Crippen molar-refractivity contribution in [1.82, 2.24) is 20.9 Å². The Morgan fingerprint density at radius 3 is 2.66 bits per heavy atom. The van der Waals surface area contributed by atoms with Gasteiger partial charge in [0.25, 0.3) is 5.91 Å². The van der Waals surface area contributed by atoms with Gasteiger partial charge in [0.2, 0.25) is 0 Å². The van der Waals surface area contributed by atoms with Gasteiger partial charge < -0.3 is 20.9 Å². The predicted molar refractivity (Wildman–Crippen MR) is 134 cm³/mol. The Morgan fingerprint density at radius 1 is 1.21 bits per heavy atom. The van der Waals surface area contributed by atoms with Crippen molar-refractivity contribution >= 4 is 47.2 Å². The lowest BCUT2D eigenvalue weighted by atomic mass is 10.1. The summed E-state index contributed by atoms with van der Waals surface area (Å²) < 4.78 is 0. The van der Waals surface area contributed by atoms with E-state index in [1.54, 1.807) is 18.4 Å². The van der Waals surface area contributed by atoms with Crippen molar-refractivity contribution < 1.29 is 4.79 Å². The topological polar surface area (TPSA) is 68.8 Å². The van der Waals surface area contributed by atoms with Crippen LogP contribution in [-0.2, 0) is 6.54 Å². The number of rotatable bonds is 9. The van der Waals surface area contributed by atoms with Crippen LogP contribution in [0.3, 0.4) is 0 Å². The molecular formula is C21H32IN5OS. The Kier molecular flexibility index (Phi) is 11.9. The van der Waals surface area contributed by atoms with Crippen LogP contribution in [0.1, 0.15) is 34.3 Å². The number of benzene rings is 1. The molecule has 2 aromatic rings. The largest absolute Gasteiger partial charge is 0.356 e. The van der Waals surface area contributed by atoms with Crippen molar-refractivity contribution in [2.45, 2.75) is 19.4 Å². The molecule has 6 nitrogen and oxygen atoms in total. The molecular weight excluding hydrogens is 497 g/mol. The van der Waals surface area contributed by atoms with E-state index in [1.807, 2.05) is 43.3 Å². The second-order valence-electron chi connectivity index (χ2n) is 7.02. The van der Waals surface area contributed by atoms with Gasteiger partial charge in [-0.2, -0.15) is 11.3 Å². The van der Waals surface area contributed by atoms with Crippen molar-refractivity contribution in [3.63, 3.8) is 0 Å². The highest BCUT2D eigenvalue weighted by Gasteiger charge is 2.08. The summed E-state index contributed by atoms with van der Waals surface area (Å²) >= 11 is 1.72. The van der Waals surface area contributed by atoms with E-state index in [0.29, 0.717) is 24.6 Å². The van der Waals surface area contributed by atoms with E-state index in [0.717, 1.165) is 24.6 Å². The molecule has 1 aromatic heterocycles. The van der Waals surface area contributed by atoms with Gasteiger partial charge in [0.15, 0.2) is 5.96 Å². The van der Waals surface area contributed by atoms with Crippen LogP contribution >= 0.6 is 35.3 Å². The number of halogens is 1. The van der Waals surface area contributed by atoms with E-state index >= 15 is 0 Å². The van der Waals surface area contributed by atoms with Gasteiger partial charge in [-0.05, 0) is 60.1 Å². The molecule has 3 N–H and O–H groups in total. The van der Waals surface area contributed by atoms with Gasteiger partial charge in [0.05, 0.1) is 0 Å². The van der Waals surface area contributed by atoms with Gasteiger partial charge in [0.1, 0.15) is 0 Å². The van der Waals surface area contributed by atoms with Crippen LogP contribution in [0, 0.1) is 0 Å². The maximum Gasteiger partial charge on any atom is 0.251 e. The molecule has 1 amide bonds. The lowest BCUT2D eigenvalue weighted by molar-refractivity contribution is 0.0951. The van der Waals surface area contributed by atoms with Crippen LogP contribution < -0.4 is 16.0 Å². The first-order valence-electron chi connectivity index (χ1n) is 9.48. The smallest absolute Gasteiger partial charge is 0.251 e. The Hall–Kier alpha value is -1.65. The fraction of sp³-hybridized carbons (Fsp3) is 0.429. The number of amides is 1. The van der Waals surface area contributed by atoms with Gasteiger partial charge in [-0.25, -0.2) is 0 Å². The Balaban J connectivity index is 0.00000420. The van der Waals surface area contributed by atoms with Gasteiger partial charge in [0, 0.05) is 38.8 Å². The van der Waals surface area contributed by atoms with E-state index in [4.69, 9.17) is 0 Å². The summed E-state index contributed by atoms with van der Waals surface area (Å²) in [5.74, 6) is 1.12. The number of carbonyl (C=O) groups excluding carboxylic acids is 1. The van der Waals surface area contributed by atoms with Gasteiger partial charge in [-0.3, -0.25) is 9.79 Å². The van der Waals surface area contributed by atoms with Crippen LogP contribution in [0.4, 0.5) is 0 Å². The first-order valence-corrected chi connectivity index (χ1v) is 10.4. The Morgan fingerprint density at radius 2 is 2.00 bits per heavy atom. The van der Waals surface area contributed by atoms with Crippen LogP contribution in [0.2, 0.25) is 0 Å². The summed E-state index contributed by atoms with van der Waals surface area (Å²) in [6.07, 6.45) is 0. The normalized spacial score (nSPS) is 12.2. The summed E-state index contributed by atoms with van der Waals surface area (Å²) in [4.78, 5) is 18.6.